The van der Waals surface area contributed by atoms with E-state index < -0.39 is 0 Å². The SMILES string of the molecule is Cc1cc(NC(=O)c2ncccc2Br)cc2[nH]ncc12. The number of fused-ring (bicyclic) bond motifs is 1. The lowest BCUT2D eigenvalue weighted by Gasteiger charge is -2.07. The number of hydrogen-bond donors (Lipinski definition) is 2. The summed E-state index contributed by atoms with van der Waals surface area (Å²) in [6.45, 7) is 1.98. The second-order valence-corrected chi connectivity index (χ2v) is 5.27. The Morgan fingerprint density at radius 2 is 2.25 bits per heavy atom. The van der Waals surface area contributed by atoms with Gasteiger partial charge in [0.05, 0.1) is 11.7 Å². The van der Waals surface area contributed by atoms with Crippen LogP contribution >= 0.6 is 15.9 Å². The van der Waals surface area contributed by atoms with Crippen LogP contribution in [0.2, 0.25) is 0 Å². The molecule has 2 aromatic heterocycles. The van der Waals surface area contributed by atoms with Crippen molar-refractivity contribution >= 4 is 38.4 Å². The number of nitrogens with one attached hydrogen (secondary N) is 2. The standard InChI is InChI=1S/C14H11BrN4O/c1-8-5-9(6-12-10(8)7-17-19-12)18-14(20)13-11(15)3-2-4-16-13/h2-7H,1H3,(H,17,19)(H,18,20). The van der Waals surface area contributed by atoms with E-state index in [-0.39, 0.29) is 5.91 Å². The lowest BCUT2D eigenvalue weighted by Crippen LogP contribution is -2.14. The fraction of sp³-hybridized carbons (Fsp3) is 0.0714. The number of hydrogen-bond acceptors (Lipinski definition) is 3. The minimum absolute atomic E-state index is 0.254. The molecule has 0 spiro atoms. The largest absolute Gasteiger partial charge is 0.321 e. The van der Waals surface area contributed by atoms with E-state index in [2.05, 4.69) is 36.4 Å². The van der Waals surface area contributed by atoms with Gasteiger partial charge in [-0.2, -0.15) is 5.10 Å². The molecule has 0 saturated heterocycles. The molecule has 0 radical (unpaired) electrons. The van der Waals surface area contributed by atoms with Crippen molar-refractivity contribution in [3.63, 3.8) is 0 Å². The van der Waals surface area contributed by atoms with Gasteiger partial charge in [-0.25, -0.2) is 4.98 Å². The molecular weight excluding hydrogens is 320 g/mol. The summed E-state index contributed by atoms with van der Waals surface area (Å²) >= 11 is 3.32. The van der Waals surface area contributed by atoms with Crippen molar-refractivity contribution in [3.8, 4) is 0 Å². The van der Waals surface area contributed by atoms with Crippen LogP contribution in [0.15, 0.2) is 41.1 Å². The van der Waals surface area contributed by atoms with Gasteiger partial charge in [0, 0.05) is 21.7 Å². The number of benzene rings is 1. The summed E-state index contributed by atoms with van der Waals surface area (Å²) in [5.74, 6) is -0.254. The molecule has 1 amide bonds. The molecule has 3 aromatic rings. The van der Waals surface area contributed by atoms with Gasteiger partial charge < -0.3 is 5.32 Å². The smallest absolute Gasteiger partial charge is 0.275 e. The van der Waals surface area contributed by atoms with Gasteiger partial charge in [0.1, 0.15) is 5.69 Å². The van der Waals surface area contributed by atoms with Crippen LogP contribution in [0.3, 0.4) is 0 Å². The van der Waals surface area contributed by atoms with Gasteiger partial charge >= 0.3 is 0 Å². The Hall–Kier alpha value is -2.21. The van der Waals surface area contributed by atoms with Crippen LogP contribution < -0.4 is 5.32 Å². The molecule has 20 heavy (non-hydrogen) atoms. The Labute approximate surface area is 123 Å². The van der Waals surface area contributed by atoms with Gasteiger partial charge in [-0.3, -0.25) is 9.89 Å². The lowest BCUT2D eigenvalue weighted by atomic mass is 10.1. The maximum Gasteiger partial charge on any atom is 0.275 e. The number of rotatable bonds is 2. The third-order valence-electron chi connectivity index (χ3n) is 3.00. The maximum atomic E-state index is 12.2. The molecule has 0 saturated carbocycles. The fourth-order valence-corrected chi connectivity index (χ4v) is 2.48. The normalized spacial score (nSPS) is 10.7. The van der Waals surface area contributed by atoms with Gasteiger partial charge in [-0.05, 0) is 52.7 Å². The molecular formula is C14H11BrN4O. The van der Waals surface area contributed by atoms with Crippen LogP contribution in [0.25, 0.3) is 10.9 Å². The van der Waals surface area contributed by atoms with Crippen molar-refractivity contribution < 1.29 is 4.79 Å². The van der Waals surface area contributed by atoms with Crippen LogP contribution in [0, 0.1) is 6.92 Å². The first-order valence-corrected chi connectivity index (χ1v) is 6.80. The summed E-state index contributed by atoms with van der Waals surface area (Å²) in [4.78, 5) is 16.3. The number of amides is 1. The third kappa shape index (κ3) is 2.30. The van der Waals surface area contributed by atoms with Gasteiger partial charge in [-0.1, -0.05) is 0 Å². The number of H-pyrrole nitrogens is 1. The molecule has 3 rings (SSSR count). The van der Waals surface area contributed by atoms with Crippen molar-refractivity contribution in [2.24, 2.45) is 0 Å². The minimum atomic E-state index is -0.254. The number of aryl methyl sites for hydroxylation is 1. The number of aromatic nitrogens is 3. The van der Waals surface area contributed by atoms with E-state index in [9.17, 15) is 4.79 Å². The Bertz CT molecular complexity index is 797. The predicted molar refractivity (Wildman–Crippen MR) is 80.7 cm³/mol. The predicted octanol–water partition coefficient (Wildman–Crippen LogP) is 3.28. The highest BCUT2D eigenvalue weighted by Crippen LogP contribution is 2.22. The van der Waals surface area contributed by atoms with Crippen molar-refractivity contribution in [1.82, 2.24) is 15.2 Å². The quantitative estimate of drug-likeness (QED) is 0.757. The lowest BCUT2D eigenvalue weighted by molar-refractivity contribution is 0.102. The van der Waals surface area contributed by atoms with E-state index in [1.54, 1.807) is 24.5 Å². The monoisotopic (exact) mass is 330 g/mol. The molecule has 100 valence electrons. The molecule has 0 fully saturated rings. The molecule has 0 aliphatic heterocycles. The Balaban J connectivity index is 1.93. The average molecular weight is 331 g/mol. The highest BCUT2D eigenvalue weighted by molar-refractivity contribution is 9.10. The van der Waals surface area contributed by atoms with Gasteiger partial charge in [0.15, 0.2) is 0 Å². The van der Waals surface area contributed by atoms with Gasteiger partial charge in [-0.15, -0.1) is 0 Å². The second-order valence-electron chi connectivity index (χ2n) is 4.41. The molecule has 0 aliphatic rings. The van der Waals surface area contributed by atoms with Crippen molar-refractivity contribution in [1.29, 1.82) is 0 Å². The summed E-state index contributed by atoms with van der Waals surface area (Å²) in [5.41, 5.74) is 3.00. The summed E-state index contributed by atoms with van der Waals surface area (Å²) in [7, 11) is 0. The first-order chi connectivity index (χ1) is 9.65. The Morgan fingerprint density at radius 1 is 1.40 bits per heavy atom. The van der Waals surface area contributed by atoms with Crippen LogP contribution in [-0.2, 0) is 0 Å². The number of halogens is 1. The highest BCUT2D eigenvalue weighted by atomic mass is 79.9. The molecule has 6 heteroatoms. The first-order valence-electron chi connectivity index (χ1n) is 6.01. The van der Waals surface area contributed by atoms with E-state index >= 15 is 0 Å². The highest BCUT2D eigenvalue weighted by Gasteiger charge is 2.12. The number of anilines is 1. The van der Waals surface area contributed by atoms with Crippen LogP contribution in [0.1, 0.15) is 16.1 Å². The zero-order valence-corrected chi connectivity index (χ0v) is 12.2. The zero-order valence-electron chi connectivity index (χ0n) is 10.6. The van der Waals surface area contributed by atoms with Gasteiger partial charge in [0.2, 0.25) is 0 Å². The molecule has 1 aromatic carbocycles. The van der Waals surface area contributed by atoms with E-state index in [0.717, 1.165) is 16.5 Å². The van der Waals surface area contributed by atoms with Crippen molar-refractivity contribution in [2.75, 3.05) is 5.32 Å². The van der Waals surface area contributed by atoms with Crippen molar-refractivity contribution in [2.45, 2.75) is 6.92 Å². The van der Waals surface area contributed by atoms with E-state index in [1.165, 1.54) is 0 Å². The summed E-state index contributed by atoms with van der Waals surface area (Å²) in [6, 6.07) is 7.31. The van der Waals surface area contributed by atoms with Gasteiger partial charge in [0.25, 0.3) is 5.91 Å². The van der Waals surface area contributed by atoms with Crippen molar-refractivity contribution in [3.05, 3.63) is 52.4 Å². The first kappa shape index (κ1) is 12.8. The van der Waals surface area contributed by atoms with Crippen LogP contribution in [0.4, 0.5) is 5.69 Å². The minimum Gasteiger partial charge on any atom is -0.321 e. The van der Waals surface area contributed by atoms with Crippen LogP contribution in [0.5, 0.6) is 0 Å². The number of nitrogens with zero attached hydrogens (tertiary/aromatic N) is 2. The Morgan fingerprint density at radius 3 is 3.05 bits per heavy atom. The average Bonchev–Trinajstić information content (AvgIpc) is 2.88. The fourth-order valence-electron chi connectivity index (χ4n) is 2.04. The molecule has 0 aliphatic carbocycles. The molecule has 0 unspecified atom stereocenters. The molecule has 2 heterocycles. The van der Waals surface area contributed by atoms with Crippen LogP contribution in [-0.4, -0.2) is 21.1 Å². The molecule has 2 N–H and O–H groups in total. The second kappa shape index (κ2) is 5.05. The molecule has 0 bridgehead atoms. The third-order valence-corrected chi connectivity index (χ3v) is 3.64. The summed E-state index contributed by atoms with van der Waals surface area (Å²) in [6.07, 6.45) is 3.36. The number of carbonyl (C=O) groups is 1. The summed E-state index contributed by atoms with van der Waals surface area (Å²) in [5, 5.41) is 10.8. The summed E-state index contributed by atoms with van der Waals surface area (Å²) < 4.78 is 0.664. The maximum absolute atomic E-state index is 12.2. The topological polar surface area (TPSA) is 70.7 Å². The Kier molecular flexibility index (Phi) is 3.23. The van der Waals surface area contributed by atoms with E-state index in [0.29, 0.717) is 15.9 Å². The molecule has 0 atom stereocenters. The number of aromatic amines is 1. The number of pyridine rings is 1. The van der Waals surface area contributed by atoms with E-state index in [1.807, 2.05) is 19.1 Å². The molecule has 5 nitrogen and oxygen atoms in total. The zero-order chi connectivity index (χ0) is 14.1. The number of carbonyl (C=O) groups excluding carboxylic acids is 1. The van der Waals surface area contributed by atoms with E-state index in [4.69, 9.17) is 0 Å².